The van der Waals surface area contributed by atoms with Crippen molar-refractivity contribution in [3.63, 3.8) is 0 Å². The molecule has 150 valence electrons. The van der Waals surface area contributed by atoms with Gasteiger partial charge in [0.1, 0.15) is 0 Å². The largest absolute Gasteiger partial charge is 0.342 e. The molecule has 1 aromatic heterocycles. The van der Waals surface area contributed by atoms with Gasteiger partial charge in [-0.2, -0.15) is 5.10 Å². The lowest BCUT2D eigenvalue weighted by atomic mass is 10.0. The van der Waals surface area contributed by atoms with E-state index in [0.29, 0.717) is 24.7 Å². The van der Waals surface area contributed by atoms with E-state index in [0.717, 1.165) is 24.1 Å². The molecule has 1 aliphatic rings. The van der Waals surface area contributed by atoms with Gasteiger partial charge in [0.2, 0.25) is 5.91 Å². The lowest BCUT2D eigenvalue weighted by Crippen LogP contribution is -2.49. The van der Waals surface area contributed by atoms with Crippen LogP contribution in [0, 0.1) is 5.92 Å². The van der Waals surface area contributed by atoms with Crippen molar-refractivity contribution in [1.82, 2.24) is 25.3 Å². The van der Waals surface area contributed by atoms with Crippen LogP contribution in [-0.2, 0) is 11.3 Å². The van der Waals surface area contributed by atoms with Crippen LogP contribution in [0.15, 0.2) is 36.7 Å². The van der Waals surface area contributed by atoms with Crippen LogP contribution in [-0.4, -0.2) is 45.8 Å². The molecule has 3 rings (SSSR count). The average Bonchev–Trinajstić information content (AvgIpc) is 3.16. The number of carbonyl (C=O) groups is 2. The number of hydrogen-bond acceptors (Lipinski definition) is 3. The Morgan fingerprint density at radius 1 is 1.21 bits per heavy atom. The number of amides is 3. The second-order valence-corrected chi connectivity index (χ2v) is 7.79. The molecule has 2 heterocycles. The number of piperidine rings is 1. The van der Waals surface area contributed by atoms with Crippen molar-refractivity contribution in [2.75, 3.05) is 13.1 Å². The molecule has 2 N–H and O–H groups in total. The third-order valence-electron chi connectivity index (χ3n) is 4.82. The van der Waals surface area contributed by atoms with Crippen LogP contribution in [0.25, 0.3) is 5.69 Å². The highest BCUT2D eigenvalue weighted by atomic mass is 35.5. The summed E-state index contributed by atoms with van der Waals surface area (Å²) in [6.45, 7) is 5.60. The van der Waals surface area contributed by atoms with Gasteiger partial charge in [-0.15, -0.1) is 0 Å². The molecule has 3 amide bonds. The fourth-order valence-corrected chi connectivity index (χ4v) is 3.34. The van der Waals surface area contributed by atoms with Gasteiger partial charge < -0.3 is 15.5 Å². The van der Waals surface area contributed by atoms with Crippen molar-refractivity contribution < 1.29 is 9.59 Å². The molecule has 7 nitrogen and oxygen atoms in total. The topological polar surface area (TPSA) is 79.3 Å². The van der Waals surface area contributed by atoms with Gasteiger partial charge in [-0.1, -0.05) is 25.4 Å². The predicted octanol–water partition coefficient (Wildman–Crippen LogP) is 2.97. The minimum absolute atomic E-state index is 0.0154. The summed E-state index contributed by atoms with van der Waals surface area (Å²) in [5.41, 5.74) is 1.81. The minimum atomic E-state index is -0.201. The molecule has 0 unspecified atom stereocenters. The van der Waals surface area contributed by atoms with Crippen LogP contribution in [0.4, 0.5) is 4.79 Å². The fraction of sp³-hybridized carbons (Fsp3) is 0.450. The van der Waals surface area contributed by atoms with Crippen LogP contribution >= 0.6 is 11.6 Å². The second-order valence-electron chi connectivity index (χ2n) is 7.35. The zero-order valence-corrected chi connectivity index (χ0v) is 16.9. The maximum Gasteiger partial charge on any atom is 0.315 e. The van der Waals surface area contributed by atoms with Crippen LogP contribution in [0.3, 0.4) is 0 Å². The van der Waals surface area contributed by atoms with Crippen molar-refractivity contribution in [3.05, 3.63) is 47.2 Å². The SMILES string of the molecule is CC(C)C(=O)N1CCC(NC(=O)NCc2cnn(-c3ccc(Cl)cc3)c2)CC1. The van der Waals surface area contributed by atoms with Gasteiger partial charge in [0.15, 0.2) is 0 Å². The summed E-state index contributed by atoms with van der Waals surface area (Å²) in [5, 5.41) is 10.8. The highest BCUT2D eigenvalue weighted by Crippen LogP contribution is 2.14. The van der Waals surface area contributed by atoms with E-state index >= 15 is 0 Å². The number of urea groups is 1. The van der Waals surface area contributed by atoms with Crippen molar-refractivity contribution in [2.24, 2.45) is 5.92 Å². The Hall–Kier alpha value is -2.54. The normalized spacial score (nSPS) is 14.9. The molecule has 28 heavy (non-hydrogen) atoms. The summed E-state index contributed by atoms with van der Waals surface area (Å²) in [4.78, 5) is 26.1. The molecule has 0 bridgehead atoms. The Morgan fingerprint density at radius 3 is 2.54 bits per heavy atom. The molecule has 1 fully saturated rings. The molecular weight excluding hydrogens is 378 g/mol. The Kier molecular flexibility index (Phi) is 6.57. The minimum Gasteiger partial charge on any atom is -0.342 e. The maximum absolute atomic E-state index is 12.2. The molecular formula is C20H26ClN5O2. The number of benzene rings is 1. The van der Waals surface area contributed by atoms with E-state index in [-0.39, 0.29) is 23.9 Å². The standard InChI is InChI=1S/C20H26ClN5O2/c1-14(2)19(27)25-9-7-17(8-10-25)24-20(28)22-11-15-12-23-26(13-15)18-5-3-16(21)4-6-18/h3-6,12-14,17H,7-11H2,1-2H3,(H2,22,24,28). The first-order chi connectivity index (χ1) is 13.4. The zero-order chi connectivity index (χ0) is 20.1. The van der Waals surface area contributed by atoms with Crippen molar-refractivity contribution >= 4 is 23.5 Å². The van der Waals surface area contributed by atoms with Gasteiger partial charge in [0.25, 0.3) is 0 Å². The van der Waals surface area contributed by atoms with E-state index in [1.54, 1.807) is 10.9 Å². The monoisotopic (exact) mass is 403 g/mol. The second kappa shape index (κ2) is 9.10. The third-order valence-corrected chi connectivity index (χ3v) is 5.07. The highest BCUT2D eigenvalue weighted by Gasteiger charge is 2.25. The van der Waals surface area contributed by atoms with Gasteiger partial charge in [0, 0.05) is 48.4 Å². The molecule has 1 aromatic carbocycles. The van der Waals surface area contributed by atoms with Crippen LogP contribution in [0.5, 0.6) is 0 Å². The molecule has 1 saturated heterocycles. The number of likely N-dealkylation sites (tertiary alicyclic amines) is 1. The molecule has 1 aliphatic heterocycles. The van der Waals surface area contributed by atoms with E-state index < -0.39 is 0 Å². The lowest BCUT2D eigenvalue weighted by molar-refractivity contribution is -0.135. The van der Waals surface area contributed by atoms with E-state index in [4.69, 9.17) is 11.6 Å². The Balaban J connectivity index is 1.43. The quantitative estimate of drug-likeness (QED) is 0.805. The summed E-state index contributed by atoms with van der Waals surface area (Å²) >= 11 is 5.90. The maximum atomic E-state index is 12.2. The van der Waals surface area contributed by atoms with E-state index in [1.165, 1.54) is 0 Å². The first-order valence-electron chi connectivity index (χ1n) is 9.55. The molecule has 0 saturated carbocycles. The molecule has 2 aromatic rings. The Labute approximate surface area is 170 Å². The summed E-state index contributed by atoms with van der Waals surface area (Å²) in [5.74, 6) is 0.196. The van der Waals surface area contributed by atoms with Gasteiger partial charge in [-0.25, -0.2) is 9.48 Å². The molecule has 0 spiro atoms. The Morgan fingerprint density at radius 2 is 1.89 bits per heavy atom. The smallest absolute Gasteiger partial charge is 0.315 e. The van der Waals surface area contributed by atoms with Gasteiger partial charge in [-0.05, 0) is 37.1 Å². The van der Waals surface area contributed by atoms with Crippen molar-refractivity contribution in [1.29, 1.82) is 0 Å². The van der Waals surface area contributed by atoms with Gasteiger partial charge in [0.05, 0.1) is 11.9 Å². The lowest BCUT2D eigenvalue weighted by Gasteiger charge is -2.33. The van der Waals surface area contributed by atoms with Gasteiger partial charge in [-0.3, -0.25) is 4.79 Å². The molecule has 0 atom stereocenters. The molecule has 0 aliphatic carbocycles. The fourth-order valence-electron chi connectivity index (χ4n) is 3.21. The number of carbonyl (C=O) groups excluding carboxylic acids is 2. The van der Waals surface area contributed by atoms with Crippen LogP contribution in [0.1, 0.15) is 32.3 Å². The van der Waals surface area contributed by atoms with Crippen LogP contribution < -0.4 is 10.6 Å². The Bertz CT molecular complexity index is 810. The number of halogens is 1. The van der Waals surface area contributed by atoms with E-state index in [1.807, 2.05) is 49.2 Å². The molecule has 8 heteroatoms. The van der Waals surface area contributed by atoms with E-state index in [2.05, 4.69) is 15.7 Å². The summed E-state index contributed by atoms with van der Waals surface area (Å²) in [7, 11) is 0. The van der Waals surface area contributed by atoms with Gasteiger partial charge >= 0.3 is 6.03 Å². The number of aromatic nitrogens is 2. The van der Waals surface area contributed by atoms with Crippen molar-refractivity contribution in [2.45, 2.75) is 39.3 Å². The summed E-state index contributed by atoms with van der Waals surface area (Å²) in [6.07, 6.45) is 5.16. The van der Waals surface area contributed by atoms with Crippen molar-refractivity contribution in [3.8, 4) is 5.69 Å². The first kappa shape index (κ1) is 20.2. The number of hydrogen-bond donors (Lipinski definition) is 2. The van der Waals surface area contributed by atoms with Crippen LogP contribution in [0.2, 0.25) is 5.02 Å². The number of nitrogens with one attached hydrogen (secondary N) is 2. The summed E-state index contributed by atoms with van der Waals surface area (Å²) in [6, 6.07) is 7.28. The first-order valence-corrected chi connectivity index (χ1v) is 9.93. The number of rotatable bonds is 5. The average molecular weight is 404 g/mol. The highest BCUT2D eigenvalue weighted by molar-refractivity contribution is 6.30. The van der Waals surface area contributed by atoms with E-state index in [9.17, 15) is 9.59 Å². The summed E-state index contributed by atoms with van der Waals surface area (Å²) < 4.78 is 1.74. The molecule has 0 radical (unpaired) electrons. The zero-order valence-electron chi connectivity index (χ0n) is 16.2. The predicted molar refractivity (Wildman–Crippen MR) is 108 cm³/mol. The third kappa shape index (κ3) is 5.25. The number of nitrogens with zero attached hydrogens (tertiary/aromatic N) is 3.